The number of pyridine rings is 1. The zero-order valence-electron chi connectivity index (χ0n) is 12.2. The minimum atomic E-state index is -0.930. The molecule has 2 heterocycles. The molecule has 21 heavy (non-hydrogen) atoms. The molecule has 5 heteroatoms. The molecular formula is C16H18N2O3. The molecule has 0 aliphatic heterocycles. The van der Waals surface area contributed by atoms with Crippen LogP contribution in [0.1, 0.15) is 40.3 Å². The topological polar surface area (TPSA) is 66.6 Å². The molecule has 0 spiro atoms. The Kier molecular flexibility index (Phi) is 3.41. The van der Waals surface area contributed by atoms with Crippen LogP contribution >= 0.6 is 0 Å². The van der Waals surface area contributed by atoms with Crippen LogP contribution in [0.4, 0.5) is 5.69 Å². The summed E-state index contributed by atoms with van der Waals surface area (Å²) < 4.78 is 5.42. The number of hydrogen-bond acceptors (Lipinski definition) is 4. The number of hydrogen-bond donors (Lipinski definition) is 1. The first kappa shape index (κ1) is 13.7. The van der Waals surface area contributed by atoms with E-state index < -0.39 is 5.97 Å². The maximum absolute atomic E-state index is 11.6. The summed E-state index contributed by atoms with van der Waals surface area (Å²) >= 11 is 0. The Morgan fingerprint density at radius 2 is 2.24 bits per heavy atom. The number of carboxylic acids is 1. The van der Waals surface area contributed by atoms with E-state index >= 15 is 0 Å². The highest BCUT2D eigenvalue weighted by Gasteiger charge is 2.33. The molecule has 1 saturated carbocycles. The number of aryl methyl sites for hydroxylation is 2. The van der Waals surface area contributed by atoms with Crippen molar-refractivity contribution in [3.63, 3.8) is 0 Å². The first-order valence-corrected chi connectivity index (χ1v) is 7.07. The molecule has 0 radical (unpaired) electrons. The van der Waals surface area contributed by atoms with Crippen molar-refractivity contribution in [2.45, 2.75) is 39.3 Å². The normalized spacial score (nSPS) is 14.2. The molecule has 5 nitrogen and oxygen atoms in total. The lowest BCUT2D eigenvalue weighted by atomic mass is 10.1. The summed E-state index contributed by atoms with van der Waals surface area (Å²) in [6.07, 6.45) is 3.81. The zero-order chi connectivity index (χ0) is 15.0. The van der Waals surface area contributed by atoms with Crippen LogP contribution in [0.3, 0.4) is 0 Å². The van der Waals surface area contributed by atoms with Crippen LogP contribution in [0, 0.1) is 13.8 Å². The van der Waals surface area contributed by atoms with Gasteiger partial charge in [-0.15, -0.1) is 0 Å². The molecule has 2 aromatic heterocycles. The van der Waals surface area contributed by atoms with Crippen LogP contribution in [-0.4, -0.2) is 22.1 Å². The third-order valence-electron chi connectivity index (χ3n) is 3.72. The van der Waals surface area contributed by atoms with Gasteiger partial charge >= 0.3 is 5.97 Å². The van der Waals surface area contributed by atoms with Gasteiger partial charge in [0.05, 0.1) is 24.2 Å². The van der Waals surface area contributed by atoms with Crippen molar-refractivity contribution in [1.29, 1.82) is 0 Å². The third-order valence-corrected chi connectivity index (χ3v) is 3.72. The molecule has 0 saturated heterocycles. The van der Waals surface area contributed by atoms with Crippen LogP contribution in [0.15, 0.2) is 28.9 Å². The lowest BCUT2D eigenvalue weighted by molar-refractivity contribution is 0.0696. The highest BCUT2D eigenvalue weighted by Crippen LogP contribution is 2.36. The molecule has 110 valence electrons. The molecule has 0 bridgehead atoms. The number of carboxylic acid groups (broad SMARTS) is 1. The second-order valence-electron chi connectivity index (χ2n) is 5.49. The molecule has 2 aromatic rings. The van der Waals surface area contributed by atoms with Gasteiger partial charge in [-0.25, -0.2) is 4.79 Å². The predicted octanol–water partition coefficient (Wildman–Crippen LogP) is 3.16. The van der Waals surface area contributed by atoms with Gasteiger partial charge in [0.1, 0.15) is 11.3 Å². The van der Waals surface area contributed by atoms with E-state index in [9.17, 15) is 9.90 Å². The summed E-state index contributed by atoms with van der Waals surface area (Å²) in [5.74, 6) is -0.0922. The first-order valence-electron chi connectivity index (χ1n) is 7.07. The quantitative estimate of drug-likeness (QED) is 0.914. The second-order valence-corrected chi connectivity index (χ2v) is 5.49. The molecular weight excluding hydrogens is 268 g/mol. The van der Waals surface area contributed by atoms with Crippen molar-refractivity contribution in [3.8, 4) is 0 Å². The highest BCUT2D eigenvalue weighted by molar-refractivity contribution is 5.95. The van der Waals surface area contributed by atoms with Gasteiger partial charge < -0.3 is 14.4 Å². The Hall–Kier alpha value is -2.30. The van der Waals surface area contributed by atoms with Crippen LogP contribution in [0.25, 0.3) is 0 Å². The number of aromatic carboxylic acids is 1. The largest absolute Gasteiger partial charge is 0.478 e. The van der Waals surface area contributed by atoms with E-state index in [1.165, 1.54) is 0 Å². The van der Waals surface area contributed by atoms with Gasteiger partial charge in [-0.05, 0) is 44.9 Å². The van der Waals surface area contributed by atoms with Gasteiger partial charge in [0.25, 0.3) is 0 Å². The van der Waals surface area contributed by atoms with Gasteiger partial charge in [-0.1, -0.05) is 0 Å². The van der Waals surface area contributed by atoms with Crippen molar-refractivity contribution >= 4 is 11.7 Å². The molecule has 1 N–H and O–H groups in total. The van der Waals surface area contributed by atoms with E-state index in [2.05, 4.69) is 9.88 Å². The van der Waals surface area contributed by atoms with E-state index in [1.807, 2.05) is 25.1 Å². The maximum Gasteiger partial charge on any atom is 0.339 e. The van der Waals surface area contributed by atoms with Crippen molar-refractivity contribution in [3.05, 3.63) is 47.2 Å². The fourth-order valence-corrected chi connectivity index (χ4v) is 2.67. The van der Waals surface area contributed by atoms with E-state index in [0.29, 0.717) is 23.8 Å². The highest BCUT2D eigenvalue weighted by atomic mass is 16.4. The number of carbonyl (C=O) groups is 1. The van der Waals surface area contributed by atoms with Gasteiger partial charge in [-0.2, -0.15) is 0 Å². The van der Waals surface area contributed by atoms with Gasteiger partial charge in [-0.3, -0.25) is 4.98 Å². The van der Waals surface area contributed by atoms with Gasteiger partial charge in [0.2, 0.25) is 0 Å². The lowest BCUT2D eigenvalue weighted by Gasteiger charge is -2.26. The Morgan fingerprint density at radius 3 is 2.81 bits per heavy atom. The molecule has 0 aromatic carbocycles. The van der Waals surface area contributed by atoms with Crippen LogP contribution in [-0.2, 0) is 6.54 Å². The minimum Gasteiger partial charge on any atom is -0.478 e. The fourth-order valence-electron chi connectivity index (χ4n) is 2.67. The monoisotopic (exact) mass is 286 g/mol. The molecule has 1 fully saturated rings. The Labute approximate surface area is 123 Å². The summed E-state index contributed by atoms with van der Waals surface area (Å²) in [5.41, 5.74) is 2.42. The van der Waals surface area contributed by atoms with Crippen molar-refractivity contribution in [2.75, 3.05) is 4.90 Å². The molecule has 0 unspecified atom stereocenters. The minimum absolute atomic E-state index is 0.291. The smallest absolute Gasteiger partial charge is 0.339 e. The second kappa shape index (κ2) is 5.24. The summed E-state index contributed by atoms with van der Waals surface area (Å²) in [5, 5.41) is 9.52. The first-order chi connectivity index (χ1) is 10.1. The standard InChI is InChI=1S/C16H18N2O3/c1-10-8-14(15(16(19)20)11(2)17-10)18(12-5-6-12)9-13-4-3-7-21-13/h3-4,7-8,12H,5-6,9H2,1-2H3,(H,19,20). The Balaban J connectivity index is 2.04. The van der Waals surface area contributed by atoms with Crippen LogP contribution in [0.5, 0.6) is 0 Å². The molecule has 0 amide bonds. The fraction of sp³-hybridized carbons (Fsp3) is 0.375. The maximum atomic E-state index is 11.6. The SMILES string of the molecule is Cc1cc(N(Cc2ccco2)C2CC2)c(C(=O)O)c(C)n1. The number of aromatic nitrogens is 1. The number of nitrogens with zero attached hydrogens (tertiary/aromatic N) is 2. The van der Waals surface area contributed by atoms with E-state index in [1.54, 1.807) is 13.2 Å². The summed E-state index contributed by atoms with van der Waals surface area (Å²) in [4.78, 5) is 18.0. The molecule has 3 rings (SSSR count). The van der Waals surface area contributed by atoms with E-state index in [0.717, 1.165) is 30.0 Å². The Bertz CT molecular complexity index is 660. The summed E-state index contributed by atoms with van der Waals surface area (Å²) in [7, 11) is 0. The average molecular weight is 286 g/mol. The zero-order valence-corrected chi connectivity index (χ0v) is 12.2. The Morgan fingerprint density at radius 1 is 1.48 bits per heavy atom. The number of anilines is 1. The molecule has 1 aliphatic rings. The van der Waals surface area contributed by atoms with Gasteiger partial charge in [0.15, 0.2) is 0 Å². The average Bonchev–Trinajstić information content (AvgIpc) is 3.11. The van der Waals surface area contributed by atoms with Crippen molar-refractivity contribution < 1.29 is 14.3 Å². The van der Waals surface area contributed by atoms with Crippen LogP contribution < -0.4 is 4.90 Å². The number of furan rings is 1. The predicted molar refractivity (Wildman–Crippen MR) is 78.6 cm³/mol. The molecule has 1 aliphatic carbocycles. The molecule has 0 atom stereocenters. The lowest BCUT2D eigenvalue weighted by Crippen LogP contribution is -2.27. The summed E-state index contributed by atoms with van der Waals surface area (Å²) in [6.45, 7) is 4.22. The summed E-state index contributed by atoms with van der Waals surface area (Å²) in [6, 6.07) is 6.00. The van der Waals surface area contributed by atoms with Crippen molar-refractivity contribution in [2.24, 2.45) is 0 Å². The van der Waals surface area contributed by atoms with Crippen LogP contribution in [0.2, 0.25) is 0 Å². The van der Waals surface area contributed by atoms with E-state index in [4.69, 9.17) is 4.42 Å². The number of rotatable bonds is 5. The third kappa shape index (κ3) is 2.77. The van der Waals surface area contributed by atoms with Crippen molar-refractivity contribution in [1.82, 2.24) is 4.98 Å². The van der Waals surface area contributed by atoms with E-state index in [-0.39, 0.29) is 0 Å². The van der Waals surface area contributed by atoms with Gasteiger partial charge in [0, 0.05) is 11.7 Å².